The maximum Gasteiger partial charge on any atom is 0.303 e. The lowest BCUT2D eigenvalue weighted by Gasteiger charge is -2.18. The average Bonchev–Trinajstić information content (AvgIpc) is 2.83. The van der Waals surface area contributed by atoms with Crippen LogP contribution in [-0.2, 0) is 11.8 Å². The maximum atomic E-state index is 12.4. The zero-order valence-corrected chi connectivity index (χ0v) is 12.6. The topological polar surface area (TPSA) is 84.2 Å². The minimum absolute atomic E-state index is 0.00807. The van der Waals surface area contributed by atoms with Gasteiger partial charge in [-0.15, -0.1) is 0 Å². The average molecular weight is 301 g/mol. The van der Waals surface area contributed by atoms with Crippen LogP contribution in [0.15, 0.2) is 36.5 Å². The molecule has 0 spiro atoms. The Kier molecular flexibility index (Phi) is 4.93. The summed E-state index contributed by atoms with van der Waals surface area (Å²) in [4.78, 5) is 23.2. The monoisotopic (exact) mass is 301 g/mol. The van der Waals surface area contributed by atoms with Crippen molar-refractivity contribution in [3.05, 3.63) is 53.3 Å². The Hall–Kier alpha value is -2.63. The third-order valence-electron chi connectivity index (χ3n) is 3.41. The normalized spacial score (nSPS) is 11.9. The highest BCUT2D eigenvalue weighted by Gasteiger charge is 2.19. The molecule has 0 aliphatic rings. The summed E-state index contributed by atoms with van der Waals surface area (Å²) in [6.07, 6.45) is 1.99. The quantitative estimate of drug-likeness (QED) is 0.855. The summed E-state index contributed by atoms with van der Waals surface area (Å²) in [5.74, 6) is -1.13. The first-order valence-corrected chi connectivity index (χ1v) is 7.05. The van der Waals surface area contributed by atoms with Crippen molar-refractivity contribution in [3.8, 4) is 0 Å². The summed E-state index contributed by atoms with van der Waals surface area (Å²) in [5.41, 5.74) is 2.03. The molecule has 1 atom stereocenters. The number of carboxylic acids is 1. The van der Waals surface area contributed by atoms with E-state index in [1.807, 2.05) is 30.3 Å². The van der Waals surface area contributed by atoms with Crippen LogP contribution in [0.2, 0.25) is 0 Å². The number of hydrogen-bond donors (Lipinski definition) is 2. The summed E-state index contributed by atoms with van der Waals surface area (Å²) in [5, 5.41) is 15.9. The number of aliphatic carboxylic acids is 1. The van der Waals surface area contributed by atoms with Crippen LogP contribution < -0.4 is 5.32 Å². The molecule has 1 unspecified atom stereocenters. The zero-order chi connectivity index (χ0) is 16.1. The molecule has 2 N–H and O–H groups in total. The van der Waals surface area contributed by atoms with Crippen molar-refractivity contribution in [2.24, 2.45) is 7.05 Å². The molecule has 116 valence electrons. The molecule has 0 aliphatic carbocycles. The van der Waals surface area contributed by atoms with Crippen LogP contribution in [0.5, 0.6) is 0 Å². The summed E-state index contributed by atoms with van der Waals surface area (Å²) in [7, 11) is 1.75. The molecule has 1 heterocycles. The Morgan fingerprint density at radius 1 is 1.32 bits per heavy atom. The Balaban J connectivity index is 2.17. The second kappa shape index (κ2) is 6.89. The number of aryl methyl sites for hydroxylation is 2. The van der Waals surface area contributed by atoms with Crippen LogP contribution >= 0.6 is 0 Å². The van der Waals surface area contributed by atoms with Crippen LogP contribution in [0.25, 0.3) is 0 Å². The molecule has 0 bridgehead atoms. The number of aromatic nitrogens is 2. The molecule has 2 aromatic rings. The number of hydrogen-bond acceptors (Lipinski definition) is 3. The van der Waals surface area contributed by atoms with Crippen molar-refractivity contribution in [2.75, 3.05) is 0 Å². The summed E-state index contributed by atoms with van der Waals surface area (Å²) >= 11 is 0. The molecule has 6 heteroatoms. The van der Waals surface area contributed by atoms with Gasteiger partial charge in [-0.1, -0.05) is 30.3 Å². The molecular weight excluding hydrogens is 282 g/mol. The number of nitrogens with zero attached hydrogens (tertiary/aromatic N) is 2. The van der Waals surface area contributed by atoms with E-state index in [4.69, 9.17) is 5.11 Å². The van der Waals surface area contributed by atoms with Gasteiger partial charge in [0, 0.05) is 19.7 Å². The van der Waals surface area contributed by atoms with E-state index >= 15 is 0 Å². The lowest BCUT2D eigenvalue weighted by atomic mass is 10.0. The van der Waals surface area contributed by atoms with Gasteiger partial charge in [-0.05, 0) is 18.9 Å². The van der Waals surface area contributed by atoms with Gasteiger partial charge < -0.3 is 10.4 Å². The van der Waals surface area contributed by atoms with Gasteiger partial charge in [-0.3, -0.25) is 14.3 Å². The number of carbonyl (C=O) groups excluding carboxylic acids is 1. The fourth-order valence-electron chi connectivity index (χ4n) is 2.33. The number of carbonyl (C=O) groups is 2. The maximum absolute atomic E-state index is 12.4. The highest BCUT2D eigenvalue weighted by Crippen LogP contribution is 2.19. The third kappa shape index (κ3) is 3.94. The molecule has 2 rings (SSSR count). The molecule has 0 saturated heterocycles. The van der Waals surface area contributed by atoms with E-state index in [0.717, 1.165) is 5.56 Å². The van der Waals surface area contributed by atoms with E-state index in [9.17, 15) is 9.59 Å². The van der Waals surface area contributed by atoms with Gasteiger partial charge in [0.15, 0.2) is 0 Å². The van der Waals surface area contributed by atoms with Gasteiger partial charge in [0.25, 0.3) is 5.91 Å². The predicted molar refractivity (Wildman–Crippen MR) is 81.5 cm³/mol. The molecule has 1 aromatic carbocycles. The molecular formula is C16H19N3O3. The van der Waals surface area contributed by atoms with Crippen LogP contribution in [0, 0.1) is 6.92 Å². The largest absolute Gasteiger partial charge is 0.481 e. The fraction of sp³-hybridized carbons (Fsp3) is 0.312. The Labute approximate surface area is 128 Å². The van der Waals surface area contributed by atoms with Gasteiger partial charge in [0.05, 0.1) is 17.3 Å². The summed E-state index contributed by atoms with van der Waals surface area (Å²) < 4.78 is 1.58. The van der Waals surface area contributed by atoms with E-state index < -0.39 is 5.97 Å². The first-order chi connectivity index (χ1) is 10.5. The van der Waals surface area contributed by atoms with Crippen molar-refractivity contribution in [3.63, 3.8) is 0 Å². The van der Waals surface area contributed by atoms with Crippen molar-refractivity contribution in [2.45, 2.75) is 25.8 Å². The van der Waals surface area contributed by atoms with E-state index in [0.29, 0.717) is 17.7 Å². The van der Waals surface area contributed by atoms with Gasteiger partial charge in [0.1, 0.15) is 0 Å². The van der Waals surface area contributed by atoms with Gasteiger partial charge in [-0.2, -0.15) is 5.10 Å². The van der Waals surface area contributed by atoms with Crippen LogP contribution in [0.3, 0.4) is 0 Å². The summed E-state index contributed by atoms with van der Waals surface area (Å²) in [6, 6.07) is 9.02. The Morgan fingerprint density at radius 2 is 2.00 bits per heavy atom. The predicted octanol–water partition coefficient (Wildman–Crippen LogP) is 2.06. The zero-order valence-electron chi connectivity index (χ0n) is 12.6. The highest BCUT2D eigenvalue weighted by atomic mass is 16.4. The van der Waals surface area contributed by atoms with E-state index in [1.54, 1.807) is 24.9 Å². The van der Waals surface area contributed by atoms with Gasteiger partial charge >= 0.3 is 5.97 Å². The van der Waals surface area contributed by atoms with Crippen molar-refractivity contribution in [1.29, 1.82) is 0 Å². The number of rotatable bonds is 6. The smallest absolute Gasteiger partial charge is 0.303 e. The van der Waals surface area contributed by atoms with E-state index in [2.05, 4.69) is 10.4 Å². The summed E-state index contributed by atoms with van der Waals surface area (Å²) in [6.45, 7) is 1.77. The number of carboxylic acid groups (broad SMARTS) is 1. The molecule has 0 saturated carbocycles. The lowest BCUT2D eigenvalue weighted by molar-refractivity contribution is -0.137. The lowest BCUT2D eigenvalue weighted by Crippen LogP contribution is -2.29. The number of amides is 1. The fourth-order valence-corrected chi connectivity index (χ4v) is 2.33. The minimum atomic E-state index is -0.882. The molecule has 22 heavy (non-hydrogen) atoms. The number of nitrogens with one attached hydrogen (secondary N) is 1. The van der Waals surface area contributed by atoms with Crippen molar-refractivity contribution >= 4 is 11.9 Å². The van der Waals surface area contributed by atoms with Crippen LogP contribution in [-0.4, -0.2) is 26.8 Å². The van der Waals surface area contributed by atoms with Gasteiger partial charge in [0.2, 0.25) is 0 Å². The Bertz CT molecular complexity index is 665. The Morgan fingerprint density at radius 3 is 2.55 bits per heavy atom. The third-order valence-corrected chi connectivity index (χ3v) is 3.41. The highest BCUT2D eigenvalue weighted by molar-refractivity contribution is 5.95. The van der Waals surface area contributed by atoms with Crippen LogP contribution in [0.4, 0.5) is 0 Å². The van der Waals surface area contributed by atoms with Crippen LogP contribution in [0.1, 0.15) is 40.5 Å². The van der Waals surface area contributed by atoms with Gasteiger partial charge in [-0.25, -0.2) is 0 Å². The second-order valence-electron chi connectivity index (χ2n) is 5.17. The van der Waals surface area contributed by atoms with Crippen molar-refractivity contribution in [1.82, 2.24) is 15.1 Å². The van der Waals surface area contributed by atoms with E-state index in [1.165, 1.54) is 0 Å². The number of benzene rings is 1. The molecule has 0 aliphatic heterocycles. The first kappa shape index (κ1) is 15.8. The molecule has 1 aromatic heterocycles. The minimum Gasteiger partial charge on any atom is -0.481 e. The SMILES string of the molecule is Cc1nn(C)cc1C(=O)NC(CCC(=O)O)c1ccccc1. The molecule has 0 fully saturated rings. The van der Waals surface area contributed by atoms with Crippen molar-refractivity contribution < 1.29 is 14.7 Å². The molecule has 6 nitrogen and oxygen atoms in total. The van der Waals surface area contributed by atoms with E-state index in [-0.39, 0.29) is 18.4 Å². The standard InChI is InChI=1S/C16H19N3O3/c1-11-13(10-19(2)18-11)16(22)17-14(8-9-15(20)21)12-6-4-3-5-7-12/h3-7,10,14H,8-9H2,1-2H3,(H,17,22)(H,20,21). The first-order valence-electron chi connectivity index (χ1n) is 7.05. The molecule has 0 radical (unpaired) electrons. The molecule has 1 amide bonds. The second-order valence-corrected chi connectivity index (χ2v) is 5.17.